The van der Waals surface area contributed by atoms with E-state index in [1.165, 1.54) is 4.90 Å². The van der Waals surface area contributed by atoms with Crippen LogP contribution in [-0.4, -0.2) is 64.4 Å². The van der Waals surface area contributed by atoms with E-state index in [9.17, 15) is 19.5 Å². The summed E-state index contributed by atoms with van der Waals surface area (Å²) in [6.45, 7) is -0.421. The van der Waals surface area contributed by atoms with Gasteiger partial charge in [0.2, 0.25) is 5.91 Å². The van der Waals surface area contributed by atoms with Crippen LogP contribution in [0.1, 0.15) is 36.3 Å². The van der Waals surface area contributed by atoms with Crippen LogP contribution in [0.25, 0.3) is 11.1 Å². The van der Waals surface area contributed by atoms with Crippen LogP contribution in [0.2, 0.25) is 0 Å². The third kappa shape index (κ3) is 4.06. The standard InChI is InChI=1S/C25H26N2O6/c28-22(27-13-25(32,14-27)23(29)30)21(11-15-9-10-15)26-24(31)33-12-20-18-7-3-1-5-16(18)17-6-2-4-8-19(17)20/h1-8,15,20-21,32H,9-14H2,(H,26,31)(H,29,30)/t21-/m0/s1. The minimum Gasteiger partial charge on any atom is -0.479 e. The van der Waals surface area contributed by atoms with Crippen molar-refractivity contribution < 1.29 is 29.3 Å². The number of benzene rings is 2. The van der Waals surface area contributed by atoms with E-state index in [4.69, 9.17) is 9.84 Å². The Balaban J connectivity index is 1.23. The monoisotopic (exact) mass is 450 g/mol. The smallest absolute Gasteiger partial charge is 0.407 e. The molecule has 5 rings (SSSR count). The second-order valence-corrected chi connectivity index (χ2v) is 9.23. The molecule has 0 aromatic heterocycles. The van der Waals surface area contributed by atoms with Crippen molar-refractivity contribution in [3.63, 3.8) is 0 Å². The molecule has 0 unspecified atom stereocenters. The van der Waals surface area contributed by atoms with Gasteiger partial charge < -0.3 is 25.2 Å². The molecule has 3 N–H and O–H groups in total. The number of hydrogen-bond donors (Lipinski definition) is 3. The number of carboxylic acids is 1. The van der Waals surface area contributed by atoms with Gasteiger partial charge in [0.25, 0.3) is 0 Å². The first kappa shape index (κ1) is 21.5. The third-order valence-corrected chi connectivity index (χ3v) is 6.81. The molecule has 33 heavy (non-hydrogen) atoms. The van der Waals surface area contributed by atoms with E-state index < -0.39 is 23.7 Å². The molecule has 2 amide bonds. The molecule has 172 valence electrons. The van der Waals surface area contributed by atoms with Crippen LogP contribution in [0.3, 0.4) is 0 Å². The second-order valence-electron chi connectivity index (χ2n) is 9.23. The number of likely N-dealkylation sites (tertiary alicyclic amines) is 1. The Morgan fingerprint density at radius 3 is 2.15 bits per heavy atom. The predicted molar refractivity (Wildman–Crippen MR) is 118 cm³/mol. The van der Waals surface area contributed by atoms with Crippen LogP contribution < -0.4 is 5.32 Å². The first-order valence-corrected chi connectivity index (χ1v) is 11.2. The maximum atomic E-state index is 12.9. The molecule has 1 saturated heterocycles. The van der Waals surface area contributed by atoms with Gasteiger partial charge in [0.15, 0.2) is 5.60 Å². The van der Waals surface area contributed by atoms with Gasteiger partial charge in [0.1, 0.15) is 12.6 Å². The van der Waals surface area contributed by atoms with Crippen molar-refractivity contribution in [1.29, 1.82) is 0 Å². The fourth-order valence-electron chi connectivity index (χ4n) is 4.79. The SMILES string of the molecule is O=C(N[C@@H](CC1CC1)C(=O)N1CC(O)(C(=O)O)C1)OCC1c2ccccc2-c2ccccc21. The summed E-state index contributed by atoms with van der Waals surface area (Å²) < 4.78 is 5.57. The topological polar surface area (TPSA) is 116 Å². The molecule has 8 nitrogen and oxygen atoms in total. The number of carbonyl (C=O) groups excluding carboxylic acids is 2. The molecular weight excluding hydrogens is 424 g/mol. The van der Waals surface area contributed by atoms with Crippen LogP contribution in [0.4, 0.5) is 4.79 Å². The fraction of sp³-hybridized carbons (Fsp3) is 0.400. The highest BCUT2D eigenvalue weighted by atomic mass is 16.5. The number of hydrogen-bond acceptors (Lipinski definition) is 5. The summed E-state index contributed by atoms with van der Waals surface area (Å²) in [4.78, 5) is 37.9. The van der Waals surface area contributed by atoms with E-state index in [0.29, 0.717) is 12.3 Å². The summed E-state index contributed by atoms with van der Waals surface area (Å²) >= 11 is 0. The summed E-state index contributed by atoms with van der Waals surface area (Å²) in [6, 6.07) is 15.3. The number of aliphatic hydroxyl groups is 1. The zero-order chi connectivity index (χ0) is 23.2. The summed E-state index contributed by atoms with van der Waals surface area (Å²) in [5.41, 5.74) is 2.56. The number of aliphatic carboxylic acids is 1. The van der Waals surface area contributed by atoms with Gasteiger partial charge in [-0.1, -0.05) is 61.4 Å². The van der Waals surface area contributed by atoms with E-state index in [2.05, 4.69) is 17.4 Å². The number of amides is 2. The van der Waals surface area contributed by atoms with Crippen molar-refractivity contribution >= 4 is 18.0 Å². The molecule has 1 atom stereocenters. The molecule has 0 bridgehead atoms. The van der Waals surface area contributed by atoms with Crippen molar-refractivity contribution in [1.82, 2.24) is 10.2 Å². The number of ether oxygens (including phenoxy) is 1. The van der Waals surface area contributed by atoms with Crippen LogP contribution in [0.5, 0.6) is 0 Å². The van der Waals surface area contributed by atoms with E-state index in [-0.39, 0.29) is 31.5 Å². The van der Waals surface area contributed by atoms with E-state index in [1.807, 2.05) is 36.4 Å². The Hall–Kier alpha value is -3.39. The summed E-state index contributed by atoms with van der Waals surface area (Å²) in [6.07, 6.45) is 1.79. The van der Waals surface area contributed by atoms with Crippen molar-refractivity contribution in [2.45, 2.75) is 36.8 Å². The zero-order valence-corrected chi connectivity index (χ0v) is 18.1. The van der Waals surface area contributed by atoms with Gasteiger partial charge in [0, 0.05) is 5.92 Å². The highest BCUT2D eigenvalue weighted by molar-refractivity contribution is 5.90. The van der Waals surface area contributed by atoms with Gasteiger partial charge >= 0.3 is 12.1 Å². The van der Waals surface area contributed by atoms with Gasteiger partial charge in [-0.25, -0.2) is 9.59 Å². The van der Waals surface area contributed by atoms with E-state index >= 15 is 0 Å². The van der Waals surface area contributed by atoms with Gasteiger partial charge in [-0.2, -0.15) is 0 Å². The fourth-order valence-corrected chi connectivity index (χ4v) is 4.79. The summed E-state index contributed by atoms with van der Waals surface area (Å²) in [7, 11) is 0. The van der Waals surface area contributed by atoms with E-state index in [0.717, 1.165) is 35.1 Å². The van der Waals surface area contributed by atoms with Gasteiger partial charge in [-0.05, 0) is 34.6 Å². The molecule has 1 heterocycles. The number of nitrogens with one attached hydrogen (secondary N) is 1. The first-order valence-electron chi connectivity index (χ1n) is 11.2. The summed E-state index contributed by atoms with van der Waals surface area (Å²) in [5, 5.41) is 21.7. The maximum Gasteiger partial charge on any atom is 0.407 e. The van der Waals surface area contributed by atoms with Gasteiger partial charge in [0.05, 0.1) is 13.1 Å². The highest BCUT2D eigenvalue weighted by Crippen LogP contribution is 2.44. The maximum absolute atomic E-state index is 12.9. The lowest BCUT2D eigenvalue weighted by molar-refractivity contribution is -0.182. The minimum absolute atomic E-state index is 0.0818. The van der Waals surface area contributed by atoms with Crippen molar-refractivity contribution in [2.24, 2.45) is 5.92 Å². The number of nitrogens with zero attached hydrogens (tertiary/aromatic N) is 1. The quantitative estimate of drug-likeness (QED) is 0.596. The Morgan fingerprint density at radius 1 is 1.03 bits per heavy atom. The first-order chi connectivity index (χ1) is 15.9. The number of β-amino-alcohol motifs (C(OH)–C–C–N with tert-alkyl or cyclic N) is 1. The Bertz CT molecular complexity index is 1060. The number of carboxylic acid groups (broad SMARTS) is 1. The average molecular weight is 450 g/mol. The normalized spacial score (nSPS) is 19.1. The zero-order valence-electron chi connectivity index (χ0n) is 18.1. The number of fused-ring (bicyclic) bond motifs is 3. The molecule has 1 aliphatic heterocycles. The molecule has 2 aliphatic carbocycles. The van der Waals surface area contributed by atoms with Gasteiger partial charge in [-0.15, -0.1) is 0 Å². The number of alkyl carbamates (subject to hydrolysis) is 1. The lowest BCUT2D eigenvalue weighted by Crippen LogP contribution is -2.69. The summed E-state index contributed by atoms with van der Waals surface area (Å²) in [5.74, 6) is -1.47. The average Bonchev–Trinajstić information content (AvgIpc) is 3.55. The molecule has 0 radical (unpaired) electrons. The van der Waals surface area contributed by atoms with Gasteiger partial charge in [-0.3, -0.25) is 4.79 Å². The van der Waals surface area contributed by atoms with Crippen molar-refractivity contribution in [3.8, 4) is 11.1 Å². The molecular formula is C25H26N2O6. The van der Waals surface area contributed by atoms with Crippen LogP contribution in [0, 0.1) is 5.92 Å². The third-order valence-electron chi connectivity index (χ3n) is 6.81. The highest BCUT2D eigenvalue weighted by Gasteiger charge is 2.51. The molecule has 0 spiro atoms. The Labute approximate surface area is 191 Å². The molecule has 2 fully saturated rings. The van der Waals surface area contributed by atoms with Crippen molar-refractivity contribution in [3.05, 3.63) is 59.7 Å². The molecule has 8 heteroatoms. The number of rotatable bonds is 7. The lowest BCUT2D eigenvalue weighted by Gasteiger charge is -2.44. The second kappa shape index (κ2) is 8.19. The molecule has 2 aromatic rings. The van der Waals surface area contributed by atoms with E-state index in [1.54, 1.807) is 0 Å². The predicted octanol–water partition coefficient (Wildman–Crippen LogP) is 2.35. The molecule has 2 aromatic carbocycles. The number of carbonyl (C=O) groups is 3. The van der Waals surface area contributed by atoms with Crippen LogP contribution >= 0.6 is 0 Å². The molecule has 1 saturated carbocycles. The largest absolute Gasteiger partial charge is 0.479 e. The minimum atomic E-state index is -1.91. The molecule has 3 aliphatic rings. The Morgan fingerprint density at radius 2 is 1.61 bits per heavy atom. The lowest BCUT2D eigenvalue weighted by atomic mass is 9.93. The van der Waals surface area contributed by atoms with Crippen LogP contribution in [-0.2, 0) is 14.3 Å². The van der Waals surface area contributed by atoms with Crippen LogP contribution in [0.15, 0.2) is 48.5 Å². The Kier molecular flexibility index (Phi) is 5.32. The van der Waals surface area contributed by atoms with Crippen molar-refractivity contribution in [2.75, 3.05) is 19.7 Å².